The third kappa shape index (κ3) is 4.42. The van der Waals surface area contributed by atoms with Gasteiger partial charge in [0.2, 0.25) is 5.91 Å². The van der Waals surface area contributed by atoms with Gasteiger partial charge < -0.3 is 9.88 Å². The van der Waals surface area contributed by atoms with Gasteiger partial charge in [-0.2, -0.15) is 13.2 Å². The van der Waals surface area contributed by atoms with Crippen molar-refractivity contribution >= 4 is 35.0 Å². The number of rotatable bonds is 4. The van der Waals surface area contributed by atoms with Crippen LogP contribution >= 0.6 is 23.4 Å². The molecular formula is C14H13ClF3N3OS. The Morgan fingerprint density at radius 2 is 2.13 bits per heavy atom. The number of nitrogens with zero attached hydrogens (tertiary/aromatic N) is 2. The number of carbonyl (C=O) groups excluding carboxylic acids is 1. The minimum atomic E-state index is -4.58. The van der Waals surface area contributed by atoms with E-state index in [4.69, 9.17) is 11.6 Å². The number of alkyl halides is 3. The molecule has 0 saturated carbocycles. The molecule has 2 aromatic rings. The maximum Gasteiger partial charge on any atom is 0.417 e. The summed E-state index contributed by atoms with van der Waals surface area (Å²) in [7, 11) is 1.79. The van der Waals surface area contributed by atoms with E-state index in [9.17, 15) is 18.0 Å². The predicted molar refractivity (Wildman–Crippen MR) is 83.6 cm³/mol. The molecule has 1 atom stereocenters. The van der Waals surface area contributed by atoms with E-state index in [-0.39, 0.29) is 5.69 Å². The highest BCUT2D eigenvalue weighted by Crippen LogP contribution is 2.36. The van der Waals surface area contributed by atoms with Crippen LogP contribution in [-0.4, -0.2) is 20.7 Å². The lowest BCUT2D eigenvalue weighted by molar-refractivity contribution is -0.137. The summed E-state index contributed by atoms with van der Waals surface area (Å²) in [5.41, 5.74) is -0.944. The number of benzene rings is 1. The lowest BCUT2D eigenvalue weighted by Gasteiger charge is -2.14. The molecule has 124 valence electrons. The van der Waals surface area contributed by atoms with Gasteiger partial charge in [0.15, 0.2) is 5.16 Å². The fourth-order valence-electron chi connectivity index (χ4n) is 1.74. The molecule has 0 radical (unpaired) electrons. The van der Waals surface area contributed by atoms with Gasteiger partial charge in [0, 0.05) is 25.1 Å². The van der Waals surface area contributed by atoms with Gasteiger partial charge in [-0.15, -0.1) is 0 Å². The smallest absolute Gasteiger partial charge is 0.329 e. The SMILES string of the molecule is CC(Sc1nccn1C)C(=O)Nc1ccc(Cl)c(C(F)(F)F)c1. The van der Waals surface area contributed by atoms with E-state index in [0.29, 0.717) is 5.16 Å². The van der Waals surface area contributed by atoms with Gasteiger partial charge in [-0.3, -0.25) is 4.79 Å². The first-order chi connectivity index (χ1) is 10.7. The fraction of sp³-hybridized carbons (Fsp3) is 0.286. The number of imidazole rings is 1. The van der Waals surface area contributed by atoms with Gasteiger partial charge >= 0.3 is 6.18 Å². The van der Waals surface area contributed by atoms with Crippen LogP contribution in [0.25, 0.3) is 0 Å². The number of thioether (sulfide) groups is 1. The average Bonchev–Trinajstić information content (AvgIpc) is 2.85. The first-order valence-corrected chi connectivity index (χ1v) is 7.76. The number of hydrogen-bond donors (Lipinski definition) is 1. The van der Waals surface area contributed by atoms with Crippen LogP contribution in [0.1, 0.15) is 12.5 Å². The third-order valence-corrected chi connectivity index (χ3v) is 4.47. The van der Waals surface area contributed by atoms with Gasteiger partial charge in [0.25, 0.3) is 0 Å². The Kier molecular flexibility index (Phi) is 5.26. The Balaban J connectivity index is 2.09. The normalized spacial score (nSPS) is 13.0. The topological polar surface area (TPSA) is 46.9 Å². The summed E-state index contributed by atoms with van der Waals surface area (Å²) in [4.78, 5) is 16.2. The number of carbonyl (C=O) groups is 1. The summed E-state index contributed by atoms with van der Waals surface area (Å²) < 4.78 is 40.2. The number of nitrogens with one attached hydrogen (secondary N) is 1. The molecule has 9 heteroatoms. The van der Waals surface area contributed by atoms with Crippen LogP contribution in [0.15, 0.2) is 35.7 Å². The zero-order valence-corrected chi connectivity index (χ0v) is 13.8. The Morgan fingerprint density at radius 3 is 2.70 bits per heavy atom. The third-order valence-electron chi connectivity index (χ3n) is 2.97. The predicted octanol–water partition coefficient (Wildman–Crippen LogP) is 4.21. The first-order valence-electron chi connectivity index (χ1n) is 6.50. The van der Waals surface area contributed by atoms with Crippen molar-refractivity contribution in [2.45, 2.75) is 23.5 Å². The summed E-state index contributed by atoms with van der Waals surface area (Å²) in [6.07, 6.45) is -1.24. The maximum absolute atomic E-state index is 12.8. The molecule has 1 heterocycles. The van der Waals surface area contributed by atoms with Crippen molar-refractivity contribution in [2.75, 3.05) is 5.32 Å². The molecule has 0 spiro atoms. The second-order valence-corrected chi connectivity index (χ2v) is 6.48. The monoisotopic (exact) mass is 363 g/mol. The zero-order valence-electron chi connectivity index (χ0n) is 12.2. The van der Waals surface area contributed by atoms with E-state index in [1.807, 2.05) is 0 Å². The number of hydrogen-bond acceptors (Lipinski definition) is 3. The van der Waals surface area contributed by atoms with E-state index < -0.39 is 27.9 Å². The van der Waals surface area contributed by atoms with Gasteiger partial charge in [-0.1, -0.05) is 23.4 Å². The van der Waals surface area contributed by atoms with Crippen LogP contribution in [0, 0.1) is 0 Å². The van der Waals surface area contributed by atoms with Crippen molar-refractivity contribution in [3.8, 4) is 0 Å². The molecule has 0 bridgehead atoms. The molecule has 2 rings (SSSR count). The quantitative estimate of drug-likeness (QED) is 0.828. The molecular weight excluding hydrogens is 351 g/mol. The highest BCUT2D eigenvalue weighted by Gasteiger charge is 2.33. The van der Waals surface area contributed by atoms with Crippen molar-refractivity contribution in [1.82, 2.24) is 9.55 Å². The van der Waals surface area contributed by atoms with Crippen LogP contribution in [0.2, 0.25) is 5.02 Å². The molecule has 1 N–H and O–H groups in total. The summed E-state index contributed by atoms with van der Waals surface area (Å²) >= 11 is 6.75. The second kappa shape index (κ2) is 6.84. The Hall–Kier alpha value is -1.67. The van der Waals surface area contributed by atoms with Crippen LogP contribution < -0.4 is 5.32 Å². The number of anilines is 1. The molecule has 1 amide bonds. The summed E-state index contributed by atoms with van der Waals surface area (Å²) in [5.74, 6) is -0.423. The average molecular weight is 364 g/mol. The van der Waals surface area contributed by atoms with Crippen LogP contribution in [-0.2, 0) is 18.0 Å². The minimum Gasteiger partial charge on any atom is -0.329 e. The van der Waals surface area contributed by atoms with Crippen molar-refractivity contribution in [2.24, 2.45) is 7.05 Å². The molecule has 1 unspecified atom stereocenters. The standard InChI is InChI=1S/C14H13ClF3N3OS/c1-8(23-13-19-5-6-21(13)2)12(22)20-9-3-4-11(15)10(7-9)14(16,17)18/h3-8H,1-2H3,(H,20,22). The number of halogens is 4. The Labute approximate surface area is 140 Å². The highest BCUT2D eigenvalue weighted by atomic mass is 35.5. The first kappa shape index (κ1) is 17.7. The number of amides is 1. The molecule has 4 nitrogen and oxygen atoms in total. The number of aromatic nitrogens is 2. The molecule has 0 fully saturated rings. The lowest BCUT2D eigenvalue weighted by atomic mass is 10.2. The fourth-order valence-corrected chi connectivity index (χ4v) is 2.80. The van der Waals surface area contributed by atoms with Gasteiger partial charge in [-0.25, -0.2) is 4.98 Å². The van der Waals surface area contributed by atoms with E-state index in [0.717, 1.165) is 12.1 Å². The second-order valence-electron chi connectivity index (χ2n) is 4.76. The summed E-state index contributed by atoms with van der Waals surface area (Å²) in [5, 5.41) is 2.16. The largest absolute Gasteiger partial charge is 0.417 e. The van der Waals surface area contributed by atoms with E-state index in [1.54, 1.807) is 30.9 Å². The minimum absolute atomic E-state index is 0.0408. The van der Waals surface area contributed by atoms with Crippen LogP contribution in [0.3, 0.4) is 0 Å². The summed E-state index contributed by atoms with van der Waals surface area (Å²) in [6, 6.07) is 3.25. The van der Waals surface area contributed by atoms with Gasteiger partial charge in [0.1, 0.15) is 0 Å². The molecule has 1 aromatic heterocycles. The van der Waals surface area contributed by atoms with Crippen LogP contribution in [0.5, 0.6) is 0 Å². The zero-order chi connectivity index (χ0) is 17.2. The van der Waals surface area contributed by atoms with E-state index in [1.165, 1.54) is 17.8 Å². The molecule has 23 heavy (non-hydrogen) atoms. The summed E-state index contributed by atoms with van der Waals surface area (Å²) in [6.45, 7) is 1.65. The molecule has 0 aliphatic heterocycles. The van der Waals surface area contributed by atoms with E-state index >= 15 is 0 Å². The van der Waals surface area contributed by atoms with Crippen molar-refractivity contribution in [3.63, 3.8) is 0 Å². The Morgan fingerprint density at radius 1 is 1.43 bits per heavy atom. The number of aryl methyl sites for hydroxylation is 1. The van der Waals surface area contributed by atoms with Gasteiger partial charge in [-0.05, 0) is 25.1 Å². The molecule has 0 saturated heterocycles. The van der Waals surface area contributed by atoms with Crippen molar-refractivity contribution < 1.29 is 18.0 Å². The van der Waals surface area contributed by atoms with Gasteiger partial charge in [0.05, 0.1) is 15.8 Å². The molecule has 0 aliphatic carbocycles. The lowest BCUT2D eigenvalue weighted by Crippen LogP contribution is -2.23. The van der Waals surface area contributed by atoms with Crippen molar-refractivity contribution in [1.29, 1.82) is 0 Å². The molecule has 0 aliphatic rings. The highest BCUT2D eigenvalue weighted by molar-refractivity contribution is 8.00. The maximum atomic E-state index is 12.8. The van der Waals surface area contributed by atoms with E-state index in [2.05, 4.69) is 10.3 Å². The van der Waals surface area contributed by atoms with Crippen LogP contribution in [0.4, 0.5) is 18.9 Å². The van der Waals surface area contributed by atoms with Crippen molar-refractivity contribution in [3.05, 3.63) is 41.2 Å². The molecule has 1 aromatic carbocycles. The Bertz CT molecular complexity index is 718.